The summed E-state index contributed by atoms with van der Waals surface area (Å²) in [5.41, 5.74) is 1.53. The zero-order valence-electron chi connectivity index (χ0n) is 14.9. The first-order valence-electron chi connectivity index (χ1n) is 9.09. The molecular formula is C20H21N5O2. The van der Waals surface area contributed by atoms with Crippen molar-refractivity contribution >= 4 is 11.9 Å². The number of carbonyl (C=O) groups excluding carboxylic acids is 1. The second kappa shape index (κ2) is 7.99. The van der Waals surface area contributed by atoms with Gasteiger partial charge in [-0.05, 0) is 31.0 Å². The van der Waals surface area contributed by atoms with Crippen LogP contribution in [0.4, 0.5) is 5.95 Å². The van der Waals surface area contributed by atoms with Crippen molar-refractivity contribution in [1.82, 2.24) is 20.3 Å². The standard InChI is InChI=1S/C20H21N5O2/c26-18(12-17-14-27-19(24-17)15-6-2-1-3-7-15)23-16-8-4-11-25(13-16)20-21-9-5-10-22-20/h1-3,5-7,9-10,14,16H,4,8,11-13H2,(H,23,26). The van der Waals surface area contributed by atoms with Crippen LogP contribution in [0.1, 0.15) is 18.5 Å². The normalized spacial score (nSPS) is 16.9. The van der Waals surface area contributed by atoms with Crippen LogP contribution in [0.15, 0.2) is 59.5 Å². The van der Waals surface area contributed by atoms with Crippen LogP contribution >= 0.6 is 0 Å². The van der Waals surface area contributed by atoms with E-state index >= 15 is 0 Å². The fraction of sp³-hybridized carbons (Fsp3) is 0.300. The third-order valence-corrected chi connectivity index (χ3v) is 4.54. The third kappa shape index (κ3) is 4.31. The molecule has 0 saturated carbocycles. The van der Waals surface area contributed by atoms with Crippen LogP contribution in [0.5, 0.6) is 0 Å². The van der Waals surface area contributed by atoms with Crippen LogP contribution in [0, 0.1) is 0 Å². The molecule has 4 rings (SSSR count). The molecule has 27 heavy (non-hydrogen) atoms. The summed E-state index contributed by atoms with van der Waals surface area (Å²) in [4.78, 5) is 27.5. The maximum atomic E-state index is 12.4. The predicted molar refractivity (Wildman–Crippen MR) is 101 cm³/mol. The zero-order valence-corrected chi connectivity index (χ0v) is 14.9. The van der Waals surface area contributed by atoms with E-state index in [4.69, 9.17) is 4.42 Å². The minimum atomic E-state index is -0.0521. The molecule has 1 amide bonds. The maximum absolute atomic E-state index is 12.4. The highest BCUT2D eigenvalue weighted by atomic mass is 16.3. The molecule has 7 heteroatoms. The second-order valence-electron chi connectivity index (χ2n) is 6.59. The number of hydrogen-bond donors (Lipinski definition) is 1. The smallest absolute Gasteiger partial charge is 0.226 e. The molecule has 1 atom stereocenters. The lowest BCUT2D eigenvalue weighted by Gasteiger charge is -2.33. The molecule has 1 aliphatic heterocycles. The molecule has 0 radical (unpaired) electrons. The summed E-state index contributed by atoms with van der Waals surface area (Å²) in [6.07, 6.45) is 7.16. The highest BCUT2D eigenvalue weighted by Gasteiger charge is 2.23. The number of carbonyl (C=O) groups is 1. The number of rotatable bonds is 5. The van der Waals surface area contributed by atoms with Crippen molar-refractivity contribution in [2.75, 3.05) is 18.0 Å². The Kier molecular flexibility index (Phi) is 5.09. The predicted octanol–water partition coefficient (Wildman–Crippen LogP) is 2.46. The Morgan fingerprint density at radius 3 is 2.81 bits per heavy atom. The number of piperidine rings is 1. The highest BCUT2D eigenvalue weighted by molar-refractivity contribution is 5.78. The highest BCUT2D eigenvalue weighted by Crippen LogP contribution is 2.19. The average molecular weight is 363 g/mol. The summed E-state index contributed by atoms with van der Waals surface area (Å²) < 4.78 is 5.50. The number of benzene rings is 1. The van der Waals surface area contributed by atoms with Crippen LogP contribution < -0.4 is 10.2 Å². The fourth-order valence-electron chi connectivity index (χ4n) is 3.28. The van der Waals surface area contributed by atoms with E-state index in [-0.39, 0.29) is 18.4 Å². The first-order valence-corrected chi connectivity index (χ1v) is 9.09. The maximum Gasteiger partial charge on any atom is 0.226 e. The number of amides is 1. The van der Waals surface area contributed by atoms with Gasteiger partial charge in [-0.2, -0.15) is 0 Å². The summed E-state index contributed by atoms with van der Waals surface area (Å²) in [7, 11) is 0. The number of oxazole rings is 1. The van der Waals surface area contributed by atoms with Gasteiger partial charge in [-0.15, -0.1) is 0 Å². The van der Waals surface area contributed by atoms with Crippen molar-refractivity contribution in [1.29, 1.82) is 0 Å². The van der Waals surface area contributed by atoms with Gasteiger partial charge in [0.05, 0.1) is 12.1 Å². The molecule has 1 N–H and O–H groups in total. The van der Waals surface area contributed by atoms with Crippen LogP contribution in [-0.4, -0.2) is 40.0 Å². The van der Waals surface area contributed by atoms with Crippen molar-refractivity contribution in [2.24, 2.45) is 0 Å². The molecule has 2 aromatic heterocycles. The van der Waals surface area contributed by atoms with Crippen LogP contribution in [0.3, 0.4) is 0 Å². The first-order chi connectivity index (χ1) is 13.3. The van der Waals surface area contributed by atoms with Crippen molar-refractivity contribution in [3.05, 3.63) is 60.7 Å². The Balaban J connectivity index is 1.33. The molecule has 0 spiro atoms. The Labute approximate surface area is 157 Å². The van der Waals surface area contributed by atoms with E-state index < -0.39 is 0 Å². The molecular weight excluding hydrogens is 342 g/mol. The lowest BCUT2D eigenvalue weighted by molar-refractivity contribution is -0.121. The van der Waals surface area contributed by atoms with Gasteiger partial charge < -0.3 is 14.6 Å². The number of nitrogens with zero attached hydrogens (tertiary/aromatic N) is 4. The molecule has 3 aromatic rings. The zero-order chi connectivity index (χ0) is 18.5. The van der Waals surface area contributed by atoms with Crippen molar-refractivity contribution in [3.8, 4) is 11.5 Å². The Bertz CT molecular complexity index is 882. The number of aromatic nitrogens is 3. The summed E-state index contributed by atoms with van der Waals surface area (Å²) in [5, 5.41) is 3.10. The molecule has 0 aliphatic carbocycles. The lowest BCUT2D eigenvalue weighted by atomic mass is 10.1. The van der Waals surface area contributed by atoms with E-state index in [2.05, 4.69) is 25.2 Å². The van der Waals surface area contributed by atoms with E-state index in [9.17, 15) is 4.79 Å². The Morgan fingerprint density at radius 2 is 2.00 bits per heavy atom. The Hall–Kier alpha value is -3.22. The second-order valence-corrected chi connectivity index (χ2v) is 6.59. The number of anilines is 1. The molecule has 0 bridgehead atoms. The third-order valence-electron chi connectivity index (χ3n) is 4.54. The van der Waals surface area contributed by atoms with Gasteiger partial charge in [0.25, 0.3) is 0 Å². The molecule has 7 nitrogen and oxygen atoms in total. The summed E-state index contributed by atoms with van der Waals surface area (Å²) in [6.45, 7) is 1.62. The van der Waals surface area contributed by atoms with Crippen molar-refractivity contribution in [3.63, 3.8) is 0 Å². The van der Waals surface area contributed by atoms with E-state index in [1.54, 1.807) is 24.7 Å². The van der Waals surface area contributed by atoms with Gasteiger partial charge in [-0.25, -0.2) is 15.0 Å². The quantitative estimate of drug-likeness (QED) is 0.750. The molecule has 1 unspecified atom stereocenters. The molecule has 3 heterocycles. The number of hydrogen-bond acceptors (Lipinski definition) is 6. The van der Waals surface area contributed by atoms with E-state index in [1.807, 2.05) is 30.3 Å². The minimum Gasteiger partial charge on any atom is -0.444 e. The fourth-order valence-corrected chi connectivity index (χ4v) is 3.28. The lowest BCUT2D eigenvalue weighted by Crippen LogP contribution is -2.48. The van der Waals surface area contributed by atoms with Gasteiger partial charge in [0.1, 0.15) is 6.26 Å². The molecule has 1 aromatic carbocycles. The van der Waals surface area contributed by atoms with Crippen molar-refractivity contribution < 1.29 is 9.21 Å². The van der Waals surface area contributed by atoms with Gasteiger partial charge in [0.2, 0.25) is 17.7 Å². The van der Waals surface area contributed by atoms with E-state index in [1.165, 1.54) is 0 Å². The summed E-state index contributed by atoms with van der Waals surface area (Å²) in [6, 6.07) is 11.5. The summed E-state index contributed by atoms with van der Waals surface area (Å²) in [5.74, 6) is 1.19. The van der Waals surface area contributed by atoms with Crippen LogP contribution in [0.25, 0.3) is 11.5 Å². The SMILES string of the molecule is O=C(Cc1coc(-c2ccccc2)n1)NC1CCCN(c2ncccn2)C1. The number of nitrogens with one attached hydrogen (secondary N) is 1. The minimum absolute atomic E-state index is 0.0521. The topological polar surface area (TPSA) is 84.2 Å². The van der Waals surface area contributed by atoms with Crippen molar-refractivity contribution in [2.45, 2.75) is 25.3 Å². The molecule has 1 aliphatic rings. The van der Waals surface area contributed by atoms with E-state index in [0.29, 0.717) is 24.1 Å². The largest absolute Gasteiger partial charge is 0.444 e. The Morgan fingerprint density at radius 1 is 1.19 bits per heavy atom. The van der Waals surface area contributed by atoms with Crippen LogP contribution in [0.2, 0.25) is 0 Å². The summed E-state index contributed by atoms with van der Waals surface area (Å²) >= 11 is 0. The first kappa shape index (κ1) is 17.2. The van der Waals surface area contributed by atoms with Crippen LogP contribution in [-0.2, 0) is 11.2 Å². The average Bonchev–Trinajstić information content (AvgIpc) is 3.18. The molecule has 1 saturated heterocycles. The monoisotopic (exact) mass is 363 g/mol. The van der Waals surface area contributed by atoms with Gasteiger partial charge in [0.15, 0.2) is 0 Å². The van der Waals surface area contributed by atoms with Gasteiger partial charge in [-0.1, -0.05) is 18.2 Å². The van der Waals surface area contributed by atoms with Gasteiger partial charge in [-0.3, -0.25) is 4.79 Å². The molecule has 138 valence electrons. The van der Waals surface area contributed by atoms with E-state index in [0.717, 1.165) is 24.9 Å². The molecule has 1 fully saturated rings. The van der Waals surface area contributed by atoms with Gasteiger partial charge >= 0.3 is 0 Å². The van der Waals surface area contributed by atoms with Gasteiger partial charge in [0, 0.05) is 37.1 Å².